The first-order valence-electron chi connectivity index (χ1n) is 12.0. The van der Waals surface area contributed by atoms with Crippen LogP contribution in [-0.4, -0.2) is 52.3 Å². The minimum absolute atomic E-state index is 0.802. The van der Waals surface area contributed by atoms with E-state index in [1.807, 2.05) is 12.1 Å². The number of methoxy groups -OCH3 is 1. The van der Waals surface area contributed by atoms with Gasteiger partial charge in [-0.15, -0.1) is 0 Å². The molecule has 0 saturated carbocycles. The van der Waals surface area contributed by atoms with Crippen molar-refractivity contribution in [1.29, 1.82) is 0 Å². The van der Waals surface area contributed by atoms with E-state index in [4.69, 9.17) is 4.74 Å². The summed E-state index contributed by atoms with van der Waals surface area (Å²) in [6.07, 6.45) is 8.83. The number of nitrogens with zero attached hydrogens (tertiary/aromatic N) is 4. The van der Waals surface area contributed by atoms with Crippen LogP contribution < -0.4 is 9.64 Å². The summed E-state index contributed by atoms with van der Waals surface area (Å²) in [6.45, 7) is 12.7. The third-order valence-electron chi connectivity index (χ3n) is 6.43. The van der Waals surface area contributed by atoms with Crippen LogP contribution in [0.15, 0.2) is 66.3 Å². The van der Waals surface area contributed by atoms with E-state index in [1.54, 1.807) is 7.11 Å². The lowest BCUT2D eigenvalue weighted by Crippen LogP contribution is -2.21. The molecule has 0 N–H and O–H groups in total. The van der Waals surface area contributed by atoms with E-state index in [1.165, 1.54) is 23.1 Å². The van der Waals surface area contributed by atoms with Crippen molar-refractivity contribution in [3.63, 3.8) is 0 Å². The Morgan fingerprint density at radius 3 is 2.15 bits per heavy atom. The van der Waals surface area contributed by atoms with Crippen LogP contribution in [0.4, 0.5) is 5.69 Å². The summed E-state index contributed by atoms with van der Waals surface area (Å²) >= 11 is 1.24. The lowest BCUT2D eigenvalue weighted by molar-refractivity contribution is -0.519. The largest absolute Gasteiger partial charge is 0.496 e. The zero-order valence-electron chi connectivity index (χ0n) is 20.7. The van der Waals surface area contributed by atoms with Gasteiger partial charge in [0.05, 0.1) is 24.4 Å². The molecule has 3 aromatic rings. The molecule has 176 valence electrons. The SMILES string of the molecule is CCN(CC)c1ccc(C(=C2C=CC(=[N+](CC)CC)C=C2)c2c(OC)ccc3nsnc23)cc1. The fourth-order valence-electron chi connectivity index (χ4n) is 4.56. The molecule has 1 aliphatic carbocycles. The summed E-state index contributed by atoms with van der Waals surface area (Å²) in [5.41, 5.74) is 8.57. The van der Waals surface area contributed by atoms with Crippen molar-refractivity contribution in [3.05, 3.63) is 77.4 Å². The molecule has 0 spiro atoms. The van der Waals surface area contributed by atoms with E-state index in [-0.39, 0.29) is 0 Å². The van der Waals surface area contributed by atoms with Gasteiger partial charge in [-0.1, -0.05) is 12.1 Å². The monoisotopic (exact) mass is 473 g/mol. The first-order chi connectivity index (χ1) is 16.6. The number of rotatable bonds is 8. The van der Waals surface area contributed by atoms with E-state index >= 15 is 0 Å². The number of hydrogen-bond donors (Lipinski definition) is 0. The van der Waals surface area contributed by atoms with E-state index in [0.717, 1.165) is 65.2 Å². The molecule has 0 unspecified atom stereocenters. The number of allylic oxidation sites excluding steroid dienone is 5. The first-order valence-corrected chi connectivity index (χ1v) is 12.7. The Kier molecular flexibility index (Phi) is 7.58. The lowest BCUT2D eigenvalue weighted by Gasteiger charge is -2.22. The zero-order valence-corrected chi connectivity index (χ0v) is 21.5. The molecular weight excluding hydrogens is 440 g/mol. The van der Waals surface area contributed by atoms with Crippen LogP contribution in [0.5, 0.6) is 5.75 Å². The van der Waals surface area contributed by atoms with E-state index < -0.39 is 0 Å². The Bertz CT molecular complexity index is 1250. The smallest absolute Gasteiger partial charge is 0.199 e. The van der Waals surface area contributed by atoms with Crippen LogP contribution in [-0.2, 0) is 0 Å². The van der Waals surface area contributed by atoms with E-state index in [2.05, 4.69) is 94.5 Å². The molecule has 0 bridgehead atoms. The Hall–Kier alpha value is -3.25. The maximum atomic E-state index is 5.84. The number of ether oxygens (including phenoxy) is 1. The Morgan fingerprint density at radius 1 is 0.882 bits per heavy atom. The fourth-order valence-corrected chi connectivity index (χ4v) is 5.10. The topological polar surface area (TPSA) is 41.3 Å². The average molecular weight is 474 g/mol. The zero-order chi connectivity index (χ0) is 24.1. The highest BCUT2D eigenvalue weighted by molar-refractivity contribution is 7.00. The summed E-state index contributed by atoms with van der Waals surface area (Å²) in [4.78, 5) is 2.36. The normalized spacial score (nSPS) is 13.0. The van der Waals surface area contributed by atoms with Crippen molar-refractivity contribution in [3.8, 4) is 5.75 Å². The molecule has 2 aromatic carbocycles. The van der Waals surface area contributed by atoms with Crippen LogP contribution in [0.25, 0.3) is 16.6 Å². The van der Waals surface area contributed by atoms with Gasteiger partial charge in [0.25, 0.3) is 0 Å². The van der Waals surface area contributed by atoms with E-state index in [9.17, 15) is 0 Å². The van der Waals surface area contributed by atoms with Crippen LogP contribution in [0.3, 0.4) is 0 Å². The van der Waals surface area contributed by atoms with Crippen LogP contribution in [0, 0.1) is 0 Å². The molecule has 0 aliphatic heterocycles. The summed E-state index contributed by atoms with van der Waals surface area (Å²) in [7, 11) is 1.72. The standard InChI is InChI=1S/C28H33N4OS/c1-6-31(7-2)22-14-10-20(11-15-22)26(21-12-16-23(17-13-21)32(8-3)9-4)27-25(33-5)19-18-24-28(27)30-34-29-24/h10-19H,6-9H2,1-5H3/q+1. The third kappa shape index (κ3) is 4.55. The van der Waals surface area contributed by atoms with Gasteiger partial charge in [0.15, 0.2) is 5.71 Å². The van der Waals surface area contributed by atoms with Crippen molar-refractivity contribution >= 4 is 39.7 Å². The second-order valence-corrected chi connectivity index (χ2v) is 8.62. The summed E-state index contributed by atoms with van der Waals surface area (Å²) in [5, 5.41) is 0. The highest BCUT2D eigenvalue weighted by Gasteiger charge is 2.21. The van der Waals surface area contributed by atoms with Gasteiger partial charge in [-0.2, -0.15) is 8.75 Å². The molecule has 5 nitrogen and oxygen atoms in total. The molecule has 1 aromatic heterocycles. The molecule has 1 aliphatic rings. The first kappa shape index (κ1) is 23.9. The minimum Gasteiger partial charge on any atom is -0.496 e. The van der Waals surface area contributed by atoms with Gasteiger partial charge >= 0.3 is 0 Å². The van der Waals surface area contributed by atoms with Crippen molar-refractivity contribution in [2.75, 3.05) is 38.2 Å². The van der Waals surface area contributed by atoms with Gasteiger partial charge in [0.2, 0.25) is 0 Å². The Labute approximate surface area is 206 Å². The molecule has 6 heteroatoms. The Morgan fingerprint density at radius 2 is 1.56 bits per heavy atom. The highest BCUT2D eigenvalue weighted by atomic mass is 32.1. The van der Waals surface area contributed by atoms with Gasteiger partial charge < -0.3 is 9.64 Å². The van der Waals surface area contributed by atoms with Crippen LogP contribution >= 0.6 is 11.7 Å². The molecule has 4 rings (SSSR count). The number of aromatic nitrogens is 2. The van der Waals surface area contributed by atoms with Gasteiger partial charge in [-0.25, -0.2) is 4.58 Å². The number of fused-ring (bicyclic) bond motifs is 1. The summed E-state index contributed by atoms with van der Waals surface area (Å²) in [5.74, 6) is 0.802. The quantitative estimate of drug-likeness (QED) is 0.378. The Balaban J connectivity index is 1.94. The molecule has 0 saturated heterocycles. The van der Waals surface area contributed by atoms with Crippen LogP contribution in [0.2, 0.25) is 0 Å². The van der Waals surface area contributed by atoms with Gasteiger partial charge in [0, 0.05) is 36.5 Å². The molecule has 0 atom stereocenters. The molecule has 0 fully saturated rings. The molecule has 1 heterocycles. The number of hydrogen-bond acceptors (Lipinski definition) is 5. The summed E-state index contributed by atoms with van der Waals surface area (Å²) in [6, 6.07) is 12.8. The highest BCUT2D eigenvalue weighted by Crippen LogP contribution is 2.39. The van der Waals surface area contributed by atoms with Gasteiger partial charge in [-0.3, -0.25) is 0 Å². The van der Waals surface area contributed by atoms with Crippen molar-refractivity contribution < 1.29 is 9.31 Å². The van der Waals surface area contributed by atoms with Gasteiger partial charge in [0.1, 0.15) is 29.9 Å². The molecule has 0 radical (unpaired) electrons. The minimum atomic E-state index is 0.802. The summed E-state index contributed by atoms with van der Waals surface area (Å²) < 4.78 is 17.3. The third-order valence-corrected chi connectivity index (χ3v) is 6.97. The maximum absolute atomic E-state index is 5.84. The molecule has 34 heavy (non-hydrogen) atoms. The maximum Gasteiger partial charge on any atom is 0.199 e. The predicted octanol–water partition coefficient (Wildman–Crippen LogP) is 5.97. The molecular formula is C28H33N4OS+. The molecule has 0 amide bonds. The van der Waals surface area contributed by atoms with Crippen molar-refractivity contribution in [2.45, 2.75) is 27.7 Å². The second kappa shape index (κ2) is 10.8. The van der Waals surface area contributed by atoms with Crippen molar-refractivity contribution in [2.24, 2.45) is 0 Å². The van der Waals surface area contributed by atoms with Crippen molar-refractivity contribution in [1.82, 2.24) is 8.75 Å². The fraction of sp³-hybridized carbons (Fsp3) is 0.321. The number of benzene rings is 2. The van der Waals surface area contributed by atoms with Gasteiger partial charge in [-0.05, 0) is 75.2 Å². The lowest BCUT2D eigenvalue weighted by atomic mass is 9.89. The van der Waals surface area contributed by atoms with E-state index in [0.29, 0.717) is 0 Å². The number of anilines is 1. The average Bonchev–Trinajstić information content (AvgIpc) is 3.37. The predicted molar refractivity (Wildman–Crippen MR) is 145 cm³/mol. The second-order valence-electron chi connectivity index (χ2n) is 8.09. The van der Waals surface area contributed by atoms with Crippen LogP contribution in [0.1, 0.15) is 38.8 Å².